The summed E-state index contributed by atoms with van der Waals surface area (Å²) in [5, 5.41) is 11.5. The predicted molar refractivity (Wildman–Crippen MR) is 126 cm³/mol. The first-order valence-corrected chi connectivity index (χ1v) is 10.8. The number of nitrogens with zero attached hydrogens (tertiary/aromatic N) is 4. The number of nitrogens with one attached hydrogen (secondary N) is 2. The SMILES string of the molecule is CC(C)(C)CC(=O)Nc1cncc(-c2cnc3[nH]nc(N4Cc5ccccc5C4)c3c2)c1. The van der Waals surface area contributed by atoms with Gasteiger partial charge in [0.2, 0.25) is 5.91 Å². The highest BCUT2D eigenvalue weighted by Gasteiger charge is 2.23. The summed E-state index contributed by atoms with van der Waals surface area (Å²) in [6.07, 6.45) is 5.70. The van der Waals surface area contributed by atoms with Crippen LogP contribution in [0.25, 0.3) is 22.2 Å². The lowest BCUT2D eigenvalue weighted by Gasteiger charge is -2.17. The van der Waals surface area contributed by atoms with E-state index in [0.717, 1.165) is 41.1 Å². The molecule has 1 aliphatic heterocycles. The Morgan fingerprint density at radius 1 is 1.06 bits per heavy atom. The first kappa shape index (κ1) is 20.2. The summed E-state index contributed by atoms with van der Waals surface area (Å²) in [5.41, 5.74) is 5.84. The fourth-order valence-corrected chi connectivity index (χ4v) is 4.13. The normalized spacial score (nSPS) is 13.4. The zero-order valence-corrected chi connectivity index (χ0v) is 18.5. The molecule has 0 atom stereocenters. The maximum atomic E-state index is 12.3. The Bertz CT molecular complexity index is 1280. The van der Waals surface area contributed by atoms with E-state index in [-0.39, 0.29) is 11.3 Å². The quantitative estimate of drug-likeness (QED) is 0.484. The third-order valence-electron chi connectivity index (χ3n) is 5.58. The Balaban J connectivity index is 1.42. The molecule has 4 aromatic rings. The molecule has 0 spiro atoms. The summed E-state index contributed by atoms with van der Waals surface area (Å²) in [7, 11) is 0. The van der Waals surface area contributed by atoms with Crippen LogP contribution in [-0.4, -0.2) is 26.1 Å². The molecule has 32 heavy (non-hydrogen) atoms. The Morgan fingerprint density at radius 2 is 1.78 bits per heavy atom. The zero-order valence-electron chi connectivity index (χ0n) is 18.5. The van der Waals surface area contributed by atoms with Crippen molar-refractivity contribution in [2.75, 3.05) is 10.2 Å². The molecule has 1 aliphatic rings. The van der Waals surface area contributed by atoms with Gasteiger partial charge in [0.05, 0.1) is 17.3 Å². The molecular formula is C25H26N6O. The smallest absolute Gasteiger partial charge is 0.224 e. The van der Waals surface area contributed by atoms with Crippen molar-refractivity contribution >= 4 is 28.4 Å². The van der Waals surface area contributed by atoms with E-state index >= 15 is 0 Å². The van der Waals surface area contributed by atoms with Crippen molar-refractivity contribution in [2.24, 2.45) is 5.41 Å². The second-order valence-corrected chi connectivity index (χ2v) is 9.54. The van der Waals surface area contributed by atoms with Crippen molar-refractivity contribution in [1.29, 1.82) is 0 Å². The number of H-pyrrole nitrogens is 1. The Labute approximate surface area is 186 Å². The first-order valence-electron chi connectivity index (χ1n) is 10.8. The summed E-state index contributed by atoms with van der Waals surface area (Å²) in [6.45, 7) is 7.80. The van der Waals surface area contributed by atoms with Crippen LogP contribution in [0.15, 0.2) is 55.0 Å². The van der Waals surface area contributed by atoms with Gasteiger partial charge in [-0.15, -0.1) is 0 Å². The van der Waals surface area contributed by atoms with Crippen molar-refractivity contribution in [3.05, 3.63) is 66.1 Å². The zero-order chi connectivity index (χ0) is 22.3. The lowest BCUT2D eigenvalue weighted by atomic mass is 9.92. The van der Waals surface area contributed by atoms with Crippen molar-refractivity contribution in [3.63, 3.8) is 0 Å². The molecule has 4 heterocycles. The van der Waals surface area contributed by atoms with Crippen LogP contribution in [-0.2, 0) is 17.9 Å². The maximum Gasteiger partial charge on any atom is 0.224 e. The van der Waals surface area contributed by atoms with E-state index in [2.05, 4.69) is 60.7 Å². The highest BCUT2D eigenvalue weighted by molar-refractivity contribution is 5.93. The van der Waals surface area contributed by atoms with Gasteiger partial charge in [0.15, 0.2) is 11.5 Å². The number of aromatic nitrogens is 4. The van der Waals surface area contributed by atoms with Crippen LogP contribution in [0.3, 0.4) is 0 Å². The van der Waals surface area contributed by atoms with E-state index in [1.165, 1.54) is 11.1 Å². The van der Waals surface area contributed by atoms with Crippen LogP contribution in [0, 0.1) is 5.41 Å². The van der Waals surface area contributed by atoms with Crippen LogP contribution < -0.4 is 10.2 Å². The van der Waals surface area contributed by atoms with Gasteiger partial charge in [-0.1, -0.05) is 45.0 Å². The second-order valence-electron chi connectivity index (χ2n) is 9.54. The number of amides is 1. The number of pyridine rings is 2. The molecule has 1 amide bonds. The van der Waals surface area contributed by atoms with Gasteiger partial charge >= 0.3 is 0 Å². The summed E-state index contributed by atoms with van der Waals surface area (Å²) in [6, 6.07) is 12.5. The van der Waals surface area contributed by atoms with Gasteiger partial charge in [-0.25, -0.2) is 4.98 Å². The van der Waals surface area contributed by atoms with E-state index in [1.54, 1.807) is 18.6 Å². The average Bonchev–Trinajstić information content (AvgIpc) is 3.35. The highest BCUT2D eigenvalue weighted by atomic mass is 16.1. The molecule has 3 aromatic heterocycles. The number of hydrogen-bond acceptors (Lipinski definition) is 5. The Kier molecular flexibility index (Phi) is 4.89. The summed E-state index contributed by atoms with van der Waals surface area (Å²) in [4.78, 5) is 23.5. The number of carbonyl (C=O) groups excluding carboxylic acids is 1. The fraction of sp³-hybridized carbons (Fsp3) is 0.280. The third-order valence-corrected chi connectivity index (χ3v) is 5.58. The minimum absolute atomic E-state index is 0.0178. The molecule has 0 radical (unpaired) electrons. The molecule has 7 nitrogen and oxygen atoms in total. The predicted octanol–water partition coefficient (Wildman–Crippen LogP) is 4.91. The van der Waals surface area contributed by atoms with E-state index in [1.807, 2.05) is 26.8 Å². The molecule has 0 fully saturated rings. The van der Waals surface area contributed by atoms with Crippen LogP contribution in [0.4, 0.5) is 11.5 Å². The maximum absolute atomic E-state index is 12.3. The minimum Gasteiger partial charge on any atom is -0.346 e. The van der Waals surface area contributed by atoms with Crippen molar-refractivity contribution in [2.45, 2.75) is 40.3 Å². The second kappa shape index (κ2) is 7.75. The van der Waals surface area contributed by atoms with Gasteiger partial charge < -0.3 is 10.2 Å². The summed E-state index contributed by atoms with van der Waals surface area (Å²) >= 11 is 0. The number of rotatable bonds is 4. The van der Waals surface area contributed by atoms with Gasteiger partial charge in [-0.3, -0.25) is 14.9 Å². The van der Waals surface area contributed by atoms with E-state index in [9.17, 15) is 4.79 Å². The highest BCUT2D eigenvalue weighted by Crippen LogP contribution is 2.33. The minimum atomic E-state index is -0.0724. The number of carbonyl (C=O) groups is 1. The van der Waals surface area contributed by atoms with Crippen molar-refractivity contribution in [1.82, 2.24) is 20.2 Å². The molecule has 7 heteroatoms. The lowest BCUT2D eigenvalue weighted by Crippen LogP contribution is -2.19. The standard InChI is InChI=1S/C25H26N6O/c1-25(2,3)10-22(32)28-20-8-18(11-26-13-20)19-9-21-23(27-12-19)29-30-24(21)31-14-16-6-4-5-7-17(16)15-31/h4-9,11-13H,10,14-15H2,1-3H3,(H,28,32)(H,27,29,30). The molecule has 5 rings (SSSR count). The van der Waals surface area contributed by atoms with Gasteiger partial charge in [0, 0.05) is 43.0 Å². The number of hydrogen-bond donors (Lipinski definition) is 2. The number of fused-ring (bicyclic) bond motifs is 2. The fourth-order valence-electron chi connectivity index (χ4n) is 4.13. The summed E-state index contributed by atoms with van der Waals surface area (Å²) in [5.74, 6) is 0.879. The number of anilines is 2. The van der Waals surface area contributed by atoms with Crippen LogP contribution in [0.5, 0.6) is 0 Å². The first-order chi connectivity index (χ1) is 15.4. The molecule has 1 aromatic carbocycles. The van der Waals surface area contributed by atoms with Crippen LogP contribution >= 0.6 is 0 Å². The topological polar surface area (TPSA) is 86.8 Å². The molecule has 0 saturated carbocycles. The number of aromatic amines is 1. The largest absolute Gasteiger partial charge is 0.346 e. The van der Waals surface area contributed by atoms with Crippen LogP contribution in [0.1, 0.15) is 38.3 Å². The average molecular weight is 427 g/mol. The molecule has 0 unspecified atom stereocenters. The summed E-state index contributed by atoms with van der Waals surface area (Å²) < 4.78 is 0. The van der Waals surface area contributed by atoms with Gasteiger partial charge in [-0.2, -0.15) is 5.10 Å². The Morgan fingerprint density at radius 3 is 2.50 bits per heavy atom. The lowest BCUT2D eigenvalue weighted by molar-refractivity contribution is -0.117. The molecular weight excluding hydrogens is 400 g/mol. The van der Waals surface area contributed by atoms with Gasteiger partial charge in [-0.05, 0) is 28.7 Å². The molecule has 2 N–H and O–H groups in total. The van der Waals surface area contributed by atoms with Gasteiger partial charge in [0.1, 0.15) is 0 Å². The monoisotopic (exact) mass is 426 g/mol. The molecule has 0 saturated heterocycles. The molecule has 162 valence electrons. The number of benzene rings is 1. The Hall–Kier alpha value is -3.74. The van der Waals surface area contributed by atoms with Crippen molar-refractivity contribution in [3.8, 4) is 11.1 Å². The third kappa shape index (κ3) is 4.06. The van der Waals surface area contributed by atoms with E-state index in [4.69, 9.17) is 0 Å². The van der Waals surface area contributed by atoms with Crippen LogP contribution in [0.2, 0.25) is 0 Å². The van der Waals surface area contributed by atoms with Crippen molar-refractivity contribution < 1.29 is 4.79 Å². The molecule has 0 aliphatic carbocycles. The van der Waals surface area contributed by atoms with E-state index < -0.39 is 0 Å². The van der Waals surface area contributed by atoms with E-state index in [0.29, 0.717) is 12.1 Å². The molecule has 0 bridgehead atoms. The van der Waals surface area contributed by atoms with Gasteiger partial charge in [0.25, 0.3) is 0 Å².